The molecule has 222 valence electrons. The van der Waals surface area contributed by atoms with E-state index in [-0.39, 0.29) is 63.8 Å². The number of carbonyl (C=O) groups is 2. The fourth-order valence-electron chi connectivity index (χ4n) is 7.67. The lowest BCUT2D eigenvalue weighted by Crippen LogP contribution is -2.74. The van der Waals surface area contributed by atoms with Gasteiger partial charge in [-0.2, -0.15) is 0 Å². The zero-order valence-electron chi connectivity index (χ0n) is 27.3. The van der Waals surface area contributed by atoms with E-state index in [4.69, 9.17) is 9.68 Å². The molecule has 2 saturated heterocycles. The van der Waals surface area contributed by atoms with Crippen molar-refractivity contribution in [1.82, 2.24) is 19.9 Å². The lowest BCUT2D eigenvalue weighted by atomic mass is 9.65. The maximum atomic E-state index is 12.0. The van der Waals surface area contributed by atoms with Gasteiger partial charge >= 0.3 is 11.9 Å². The zero-order chi connectivity index (χ0) is 29.8. The number of rotatable bonds is 7. The first-order valence-corrected chi connectivity index (χ1v) is 14.5. The van der Waals surface area contributed by atoms with Crippen LogP contribution in [0, 0.1) is 23.7 Å². The molecular weight excluding hydrogens is 480 g/mol. The Morgan fingerprint density at radius 3 is 1.21 bits per heavy atom. The number of hydroxylamine groups is 4. The monoisotopic (exact) mass is 538 g/mol. The van der Waals surface area contributed by atoms with E-state index in [0.717, 1.165) is 13.2 Å². The number of hydrogen-bond acceptors (Lipinski definition) is 8. The molecule has 0 aromatic heterocycles. The van der Waals surface area contributed by atoms with Crippen molar-refractivity contribution in [3.63, 3.8) is 0 Å². The number of nitrogens with zero attached hydrogens (tertiary/aromatic N) is 4. The molecule has 8 heteroatoms. The van der Waals surface area contributed by atoms with E-state index in [9.17, 15) is 9.59 Å². The largest absolute Gasteiger partial charge is 0.367 e. The Hall–Kier alpha value is -1.22. The van der Waals surface area contributed by atoms with Gasteiger partial charge in [-0.25, -0.2) is 0 Å². The maximum absolute atomic E-state index is 12.0. The molecule has 0 aliphatic carbocycles. The van der Waals surface area contributed by atoms with E-state index < -0.39 is 0 Å². The van der Waals surface area contributed by atoms with Crippen LogP contribution in [0.15, 0.2) is 0 Å². The van der Waals surface area contributed by atoms with Crippen LogP contribution in [0.1, 0.15) is 104 Å². The summed E-state index contributed by atoms with van der Waals surface area (Å²) in [6.45, 7) is 33.7. The predicted molar refractivity (Wildman–Crippen MR) is 153 cm³/mol. The first-order chi connectivity index (χ1) is 17.1. The van der Waals surface area contributed by atoms with Crippen molar-refractivity contribution in [2.45, 2.75) is 138 Å². The second-order valence-electron chi connectivity index (χ2n) is 14.3. The SMILES string of the molecule is CCN(CN(C)C1C(C)C(C)(C)N(OC(C)=O)C(C)(C)C1C)C1C(C)C(C)(C)N(OC(C)=O)C(C)(C)C1C. The number of piperidine rings is 2. The second-order valence-corrected chi connectivity index (χ2v) is 14.3. The van der Waals surface area contributed by atoms with Crippen LogP contribution >= 0.6 is 0 Å². The van der Waals surface area contributed by atoms with Gasteiger partial charge in [0.15, 0.2) is 0 Å². The molecule has 0 bridgehead atoms. The van der Waals surface area contributed by atoms with E-state index in [1.165, 1.54) is 13.8 Å². The summed E-state index contributed by atoms with van der Waals surface area (Å²) in [7, 11) is 2.24. The summed E-state index contributed by atoms with van der Waals surface area (Å²) in [5, 5.41) is 3.89. The van der Waals surface area contributed by atoms with Crippen LogP contribution in [0.25, 0.3) is 0 Å². The standard InChI is InChI=1S/C30H58N4O4/c1-17-32(26-21(4)29(12,13)34(38-24(7)36)30(14,15)22(26)5)18-31(16)25-19(2)27(8,9)33(37-23(6)35)28(10,11)20(25)3/h19-22,25-26H,17-18H2,1-16H3. The molecule has 2 aliphatic heterocycles. The van der Waals surface area contributed by atoms with Gasteiger partial charge in [-0.05, 0) is 92.7 Å². The van der Waals surface area contributed by atoms with Crippen LogP contribution in [0.3, 0.4) is 0 Å². The summed E-state index contributed by atoms with van der Waals surface area (Å²) >= 11 is 0. The third-order valence-electron chi connectivity index (χ3n) is 10.8. The van der Waals surface area contributed by atoms with Crippen molar-refractivity contribution in [1.29, 1.82) is 0 Å². The van der Waals surface area contributed by atoms with Gasteiger partial charge in [-0.15, -0.1) is 10.1 Å². The van der Waals surface area contributed by atoms with E-state index in [0.29, 0.717) is 6.04 Å². The van der Waals surface area contributed by atoms with Gasteiger partial charge in [0.1, 0.15) is 0 Å². The Morgan fingerprint density at radius 2 is 0.947 bits per heavy atom. The Kier molecular flexibility index (Phi) is 9.53. The molecule has 0 radical (unpaired) electrons. The van der Waals surface area contributed by atoms with Crippen LogP contribution in [0.4, 0.5) is 0 Å². The summed E-state index contributed by atoms with van der Waals surface area (Å²) in [6.07, 6.45) is 0. The molecule has 2 fully saturated rings. The smallest absolute Gasteiger partial charge is 0.322 e. The van der Waals surface area contributed by atoms with Gasteiger partial charge < -0.3 is 9.68 Å². The molecule has 2 heterocycles. The Balaban J connectivity index is 2.41. The summed E-state index contributed by atoms with van der Waals surface area (Å²) in [4.78, 5) is 40.8. The predicted octanol–water partition coefficient (Wildman–Crippen LogP) is 5.18. The van der Waals surface area contributed by atoms with E-state index >= 15 is 0 Å². The summed E-state index contributed by atoms with van der Waals surface area (Å²) in [5.74, 6) is 0.468. The molecule has 38 heavy (non-hydrogen) atoms. The van der Waals surface area contributed by atoms with Crippen molar-refractivity contribution in [3.8, 4) is 0 Å². The molecule has 0 N–H and O–H groups in total. The molecule has 0 aromatic rings. The fraction of sp³-hybridized carbons (Fsp3) is 0.933. The van der Waals surface area contributed by atoms with Crippen molar-refractivity contribution in [2.75, 3.05) is 20.3 Å². The van der Waals surface area contributed by atoms with Gasteiger partial charge in [0.05, 0.1) is 28.8 Å². The molecule has 2 rings (SSSR count). The topological polar surface area (TPSA) is 65.6 Å². The van der Waals surface area contributed by atoms with Crippen molar-refractivity contribution in [2.24, 2.45) is 23.7 Å². The first-order valence-electron chi connectivity index (χ1n) is 14.5. The lowest BCUT2D eigenvalue weighted by molar-refractivity contribution is -0.303. The highest BCUT2D eigenvalue weighted by Gasteiger charge is 2.59. The second kappa shape index (κ2) is 11.0. The number of carbonyl (C=O) groups excluding carboxylic acids is 2. The molecule has 0 saturated carbocycles. The third-order valence-corrected chi connectivity index (χ3v) is 10.8. The minimum absolute atomic E-state index is 0.252. The minimum atomic E-state index is -0.336. The van der Waals surface area contributed by atoms with Crippen molar-refractivity contribution >= 4 is 11.9 Å². The van der Waals surface area contributed by atoms with Crippen molar-refractivity contribution < 1.29 is 19.3 Å². The zero-order valence-corrected chi connectivity index (χ0v) is 27.3. The Labute approximate surface area is 233 Å². The maximum Gasteiger partial charge on any atom is 0.322 e. The third kappa shape index (κ3) is 5.52. The van der Waals surface area contributed by atoms with Crippen LogP contribution in [0.2, 0.25) is 0 Å². The first kappa shape index (κ1) is 33.0. The van der Waals surface area contributed by atoms with Crippen molar-refractivity contribution in [3.05, 3.63) is 0 Å². The van der Waals surface area contributed by atoms with Crippen LogP contribution in [-0.2, 0) is 19.3 Å². The highest BCUT2D eigenvalue weighted by atomic mass is 16.7. The molecule has 0 amide bonds. The van der Waals surface area contributed by atoms with Gasteiger partial charge in [-0.3, -0.25) is 19.4 Å². The van der Waals surface area contributed by atoms with Gasteiger partial charge in [0.25, 0.3) is 0 Å². The Morgan fingerprint density at radius 1 is 0.658 bits per heavy atom. The average molecular weight is 539 g/mol. The molecule has 2 aliphatic rings. The number of hydrogen-bond donors (Lipinski definition) is 0. The molecule has 4 atom stereocenters. The van der Waals surface area contributed by atoms with E-state index in [2.05, 4.69) is 107 Å². The molecule has 0 aromatic carbocycles. The van der Waals surface area contributed by atoms with Gasteiger partial charge in [0, 0.05) is 25.9 Å². The quantitative estimate of drug-likeness (QED) is 0.411. The summed E-state index contributed by atoms with van der Waals surface area (Å²) < 4.78 is 0. The summed E-state index contributed by atoms with van der Waals surface area (Å²) in [5.41, 5.74) is -1.34. The lowest BCUT2D eigenvalue weighted by Gasteiger charge is -2.63. The van der Waals surface area contributed by atoms with Gasteiger partial charge in [-0.1, -0.05) is 34.6 Å². The molecule has 4 unspecified atom stereocenters. The highest BCUT2D eigenvalue weighted by molar-refractivity contribution is 5.66. The molecule has 0 spiro atoms. The van der Waals surface area contributed by atoms with Crippen LogP contribution < -0.4 is 0 Å². The normalized spacial score (nSPS) is 34.8. The van der Waals surface area contributed by atoms with E-state index in [1.54, 1.807) is 0 Å². The molecule has 8 nitrogen and oxygen atoms in total. The fourth-order valence-corrected chi connectivity index (χ4v) is 7.67. The highest BCUT2D eigenvalue weighted by Crippen LogP contribution is 2.49. The minimum Gasteiger partial charge on any atom is -0.367 e. The Bertz CT molecular complexity index is 826. The van der Waals surface area contributed by atoms with Crippen LogP contribution in [0.5, 0.6) is 0 Å². The average Bonchev–Trinajstić information content (AvgIpc) is 2.77. The van der Waals surface area contributed by atoms with Gasteiger partial charge in [0.2, 0.25) is 0 Å². The molecular formula is C30H58N4O4. The van der Waals surface area contributed by atoms with E-state index in [1.807, 2.05) is 10.1 Å². The summed E-state index contributed by atoms with van der Waals surface area (Å²) in [6, 6.07) is 0.584. The van der Waals surface area contributed by atoms with Crippen LogP contribution in [-0.4, -0.2) is 86.4 Å².